The van der Waals surface area contributed by atoms with E-state index in [0.29, 0.717) is 5.56 Å². The van der Waals surface area contributed by atoms with Gasteiger partial charge in [0.15, 0.2) is 0 Å². The van der Waals surface area contributed by atoms with Crippen molar-refractivity contribution < 1.29 is 4.39 Å². The van der Waals surface area contributed by atoms with Gasteiger partial charge in [-0.25, -0.2) is 4.39 Å². The van der Waals surface area contributed by atoms with Gasteiger partial charge in [0.05, 0.1) is 0 Å². The highest BCUT2D eigenvalue weighted by molar-refractivity contribution is 5.51. The van der Waals surface area contributed by atoms with Crippen LogP contribution in [0.1, 0.15) is 31.7 Å². The second-order valence-corrected chi connectivity index (χ2v) is 3.60. The summed E-state index contributed by atoms with van der Waals surface area (Å²) in [5, 5.41) is 3.22. The molecule has 15 heavy (non-hydrogen) atoms. The lowest BCUT2D eigenvalue weighted by Gasteiger charge is -2.11. The van der Waals surface area contributed by atoms with Crippen LogP contribution in [-0.2, 0) is 6.54 Å². The highest BCUT2D eigenvalue weighted by atomic mass is 19.1. The first kappa shape index (κ1) is 12.0. The van der Waals surface area contributed by atoms with Crippen molar-refractivity contribution >= 4 is 5.69 Å². The van der Waals surface area contributed by atoms with Crippen molar-refractivity contribution in [1.29, 1.82) is 0 Å². The van der Waals surface area contributed by atoms with Crippen LogP contribution >= 0.6 is 0 Å². The molecule has 0 fully saturated rings. The number of halogens is 1. The van der Waals surface area contributed by atoms with E-state index in [4.69, 9.17) is 5.73 Å². The molecule has 0 amide bonds. The maximum absolute atomic E-state index is 13.3. The van der Waals surface area contributed by atoms with E-state index in [0.717, 1.165) is 18.7 Å². The van der Waals surface area contributed by atoms with E-state index in [9.17, 15) is 4.39 Å². The molecular weight excluding hydrogens is 191 g/mol. The molecule has 0 heterocycles. The summed E-state index contributed by atoms with van der Waals surface area (Å²) in [5.41, 5.74) is 6.91. The molecule has 0 aliphatic rings. The fourth-order valence-electron chi connectivity index (χ4n) is 1.53. The fourth-order valence-corrected chi connectivity index (χ4v) is 1.53. The Balaban J connectivity index is 2.56. The lowest BCUT2D eigenvalue weighted by atomic mass is 10.1. The molecule has 3 N–H and O–H groups in total. The molecular formula is C12H19FN2. The SMILES string of the molecule is CCCCCNc1cccc(F)c1CN. The van der Waals surface area contributed by atoms with Crippen molar-refractivity contribution in [2.75, 3.05) is 11.9 Å². The van der Waals surface area contributed by atoms with E-state index in [2.05, 4.69) is 12.2 Å². The lowest BCUT2D eigenvalue weighted by molar-refractivity contribution is 0.611. The number of nitrogens with one attached hydrogen (secondary N) is 1. The van der Waals surface area contributed by atoms with Gasteiger partial charge in [-0.3, -0.25) is 0 Å². The molecule has 0 spiro atoms. The number of hydrogen-bond acceptors (Lipinski definition) is 2. The van der Waals surface area contributed by atoms with Crippen molar-refractivity contribution in [3.05, 3.63) is 29.6 Å². The maximum Gasteiger partial charge on any atom is 0.129 e. The van der Waals surface area contributed by atoms with Crippen LogP contribution in [0.4, 0.5) is 10.1 Å². The van der Waals surface area contributed by atoms with Crippen molar-refractivity contribution in [2.45, 2.75) is 32.7 Å². The number of hydrogen-bond donors (Lipinski definition) is 2. The molecule has 0 aliphatic carbocycles. The summed E-state index contributed by atoms with van der Waals surface area (Å²) in [4.78, 5) is 0. The van der Waals surface area contributed by atoms with Crippen molar-refractivity contribution in [3.63, 3.8) is 0 Å². The first-order valence-corrected chi connectivity index (χ1v) is 5.51. The molecule has 1 rings (SSSR count). The van der Waals surface area contributed by atoms with Crippen LogP contribution in [0.25, 0.3) is 0 Å². The highest BCUT2D eigenvalue weighted by Crippen LogP contribution is 2.18. The standard InChI is InChI=1S/C12H19FN2/c1-2-3-4-8-15-12-7-5-6-11(13)10(12)9-14/h5-7,15H,2-4,8-9,14H2,1H3. The van der Waals surface area contributed by atoms with Crippen molar-refractivity contribution in [3.8, 4) is 0 Å². The zero-order valence-electron chi connectivity index (χ0n) is 9.22. The van der Waals surface area contributed by atoms with Gasteiger partial charge < -0.3 is 11.1 Å². The van der Waals surface area contributed by atoms with Gasteiger partial charge in [0.2, 0.25) is 0 Å². The first-order chi connectivity index (χ1) is 7.29. The second-order valence-electron chi connectivity index (χ2n) is 3.60. The average Bonchev–Trinajstić information content (AvgIpc) is 2.24. The molecule has 0 unspecified atom stereocenters. The Morgan fingerprint density at radius 1 is 1.33 bits per heavy atom. The first-order valence-electron chi connectivity index (χ1n) is 5.51. The van der Waals surface area contributed by atoms with Crippen molar-refractivity contribution in [1.82, 2.24) is 0 Å². The Morgan fingerprint density at radius 3 is 2.80 bits per heavy atom. The minimum Gasteiger partial charge on any atom is -0.385 e. The van der Waals surface area contributed by atoms with Gasteiger partial charge in [0.1, 0.15) is 5.82 Å². The largest absolute Gasteiger partial charge is 0.385 e. The summed E-state index contributed by atoms with van der Waals surface area (Å²) < 4.78 is 13.3. The van der Waals surface area contributed by atoms with E-state index < -0.39 is 0 Å². The normalized spacial score (nSPS) is 10.3. The molecule has 0 aliphatic heterocycles. The maximum atomic E-state index is 13.3. The van der Waals surface area contributed by atoms with E-state index in [1.807, 2.05) is 6.07 Å². The van der Waals surface area contributed by atoms with E-state index in [-0.39, 0.29) is 12.4 Å². The average molecular weight is 210 g/mol. The lowest BCUT2D eigenvalue weighted by Crippen LogP contribution is -2.08. The van der Waals surface area contributed by atoms with E-state index in [1.54, 1.807) is 6.07 Å². The van der Waals surface area contributed by atoms with Crippen LogP contribution in [-0.4, -0.2) is 6.54 Å². The highest BCUT2D eigenvalue weighted by Gasteiger charge is 2.05. The summed E-state index contributed by atoms with van der Waals surface area (Å²) in [6.07, 6.45) is 3.49. The third-order valence-electron chi connectivity index (χ3n) is 2.42. The monoisotopic (exact) mass is 210 g/mol. The van der Waals surface area contributed by atoms with Gasteiger partial charge in [0, 0.05) is 24.3 Å². The molecule has 0 aromatic heterocycles. The number of unbranched alkanes of at least 4 members (excludes halogenated alkanes) is 2. The predicted molar refractivity (Wildman–Crippen MR) is 62.3 cm³/mol. The van der Waals surface area contributed by atoms with Gasteiger partial charge in [-0.05, 0) is 18.6 Å². The summed E-state index contributed by atoms with van der Waals surface area (Å²) in [6.45, 7) is 3.28. The van der Waals surface area contributed by atoms with Crippen LogP contribution in [0, 0.1) is 5.82 Å². The van der Waals surface area contributed by atoms with Gasteiger partial charge in [-0.1, -0.05) is 25.8 Å². The Bertz CT molecular complexity index is 300. The van der Waals surface area contributed by atoms with Gasteiger partial charge in [0.25, 0.3) is 0 Å². The minimum atomic E-state index is -0.224. The number of rotatable bonds is 6. The fraction of sp³-hybridized carbons (Fsp3) is 0.500. The van der Waals surface area contributed by atoms with Crippen LogP contribution < -0.4 is 11.1 Å². The smallest absolute Gasteiger partial charge is 0.129 e. The van der Waals surface area contributed by atoms with Gasteiger partial charge in [-0.2, -0.15) is 0 Å². The quantitative estimate of drug-likeness (QED) is 0.708. The van der Waals surface area contributed by atoms with Gasteiger partial charge >= 0.3 is 0 Å². The molecule has 0 radical (unpaired) electrons. The predicted octanol–water partition coefficient (Wildman–Crippen LogP) is 2.89. The Hall–Kier alpha value is -1.09. The molecule has 2 nitrogen and oxygen atoms in total. The van der Waals surface area contributed by atoms with Crippen LogP contribution in [0.2, 0.25) is 0 Å². The summed E-state index contributed by atoms with van der Waals surface area (Å²) in [5.74, 6) is -0.224. The zero-order chi connectivity index (χ0) is 11.1. The van der Waals surface area contributed by atoms with Crippen molar-refractivity contribution in [2.24, 2.45) is 5.73 Å². The molecule has 84 valence electrons. The molecule has 0 saturated carbocycles. The Labute approximate surface area is 90.7 Å². The zero-order valence-corrected chi connectivity index (χ0v) is 9.22. The number of benzene rings is 1. The summed E-state index contributed by atoms with van der Waals surface area (Å²) in [7, 11) is 0. The molecule has 1 aromatic carbocycles. The third-order valence-corrected chi connectivity index (χ3v) is 2.42. The summed E-state index contributed by atoms with van der Waals surface area (Å²) in [6, 6.07) is 5.02. The van der Waals surface area contributed by atoms with Crippen LogP contribution in [0.15, 0.2) is 18.2 Å². The second kappa shape index (κ2) is 6.40. The minimum absolute atomic E-state index is 0.224. The Morgan fingerprint density at radius 2 is 2.13 bits per heavy atom. The van der Waals surface area contributed by atoms with E-state index in [1.165, 1.54) is 18.9 Å². The number of anilines is 1. The third kappa shape index (κ3) is 3.51. The van der Waals surface area contributed by atoms with Crippen LogP contribution in [0.3, 0.4) is 0 Å². The Kier molecular flexibility index (Phi) is 5.12. The molecule has 1 aromatic rings. The molecule has 0 atom stereocenters. The summed E-state index contributed by atoms with van der Waals surface area (Å²) >= 11 is 0. The van der Waals surface area contributed by atoms with Crippen LogP contribution in [0.5, 0.6) is 0 Å². The van der Waals surface area contributed by atoms with Gasteiger partial charge in [-0.15, -0.1) is 0 Å². The number of nitrogens with two attached hydrogens (primary N) is 1. The molecule has 0 bridgehead atoms. The molecule has 0 saturated heterocycles. The topological polar surface area (TPSA) is 38.0 Å². The molecule has 3 heteroatoms. The van der Waals surface area contributed by atoms with E-state index >= 15 is 0 Å².